The molecule has 2 aromatic rings. The van der Waals surface area contributed by atoms with Crippen LogP contribution in [0.5, 0.6) is 0 Å². The summed E-state index contributed by atoms with van der Waals surface area (Å²) in [7, 11) is 0. The zero-order chi connectivity index (χ0) is 23.3. The van der Waals surface area contributed by atoms with Crippen LogP contribution in [0.25, 0.3) is 10.3 Å². The van der Waals surface area contributed by atoms with E-state index >= 15 is 0 Å². The van der Waals surface area contributed by atoms with Gasteiger partial charge in [0.2, 0.25) is 5.95 Å². The van der Waals surface area contributed by atoms with E-state index in [1.165, 1.54) is 17.7 Å². The highest BCUT2D eigenvalue weighted by Gasteiger charge is 2.11. The van der Waals surface area contributed by atoms with Crippen LogP contribution in [0.3, 0.4) is 0 Å². The van der Waals surface area contributed by atoms with Crippen molar-refractivity contribution in [2.45, 2.75) is 52.7 Å². The maximum Gasteiger partial charge on any atom is 0.309 e. The molecule has 5 N–H and O–H groups in total. The number of esters is 1. The largest absolute Gasteiger partial charge is 0.481 e. The summed E-state index contributed by atoms with van der Waals surface area (Å²) in [5.41, 5.74) is 6.07. The molecule has 13 heteroatoms. The number of nitrogens with two attached hydrogens (primary N) is 1. The molecule has 0 aliphatic heterocycles. The van der Waals surface area contributed by atoms with Gasteiger partial charge in [-0.25, -0.2) is 4.98 Å². The zero-order valence-electron chi connectivity index (χ0n) is 16.9. The number of aliphatic hydroxyl groups is 1. The van der Waals surface area contributed by atoms with Gasteiger partial charge in [-0.2, -0.15) is 4.98 Å². The average Bonchev–Trinajstić information content (AvgIpc) is 2.89. The number of carboxylic acid groups (broad SMARTS) is 2. The van der Waals surface area contributed by atoms with Crippen molar-refractivity contribution in [2.24, 2.45) is 0 Å². The number of hydrogen-bond acceptors (Lipinski definition) is 10. The molecule has 2 rings (SSSR count). The maximum atomic E-state index is 11.9. The van der Waals surface area contributed by atoms with Crippen molar-refractivity contribution in [3.8, 4) is 0 Å². The second kappa shape index (κ2) is 14.0. The van der Waals surface area contributed by atoms with E-state index in [9.17, 15) is 14.7 Å². The smallest absolute Gasteiger partial charge is 0.309 e. The fraction of sp³-hybridized carbons (Fsp3) is 0.529. The summed E-state index contributed by atoms with van der Waals surface area (Å²) in [5, 5.41) is 24.6. The first-order valence-electron chi connectivity index (χ1n) is 8.76. The van der Waals surface area contributed by atoms with Crippen LogP contribution in [-0.4, -0.2) is 60.5 Å². The molecule has 168 valence electrons. The number of rotatable bonds is 7. The van der Waals surface area contributed by atoms with E-state index in [4.69, 9.17) is 30.3 Å². The van der Waals surface area contributed by atoms with Gasteiger partial charge in [-0.3, -0.25) is 23.7 Å². The number of fused-ring (bicyclic) bond motifs is 1. The van der Waals surface area contributed by atoms with Crippen LogP contribution >= 0.6 is 11.3 Å². The third-order valence-corrected chi connectivity index (χ3v) is 4.01. The third-order valence-electron chi connectivity index (χ3n) is 3.10. The number of hydrogen-bond donors (Lipinski definition) is 4. The Hall–Kier alpha value is -3.06. The standard InChI is InChI=1S/C13H18N4O4S.2C2H4O2/c1-8(18)21-6-4-9(19)3-2-5-17-11-10(22-13(17)20)7-15-12(14)16-11;2*1-2(3)4/h7,9,19H,2-6H2,1H3,(H2,14,15,16);2*1H3,(H,3,4). The van der Waals surface area contributed by atoms with Crippen molar-refractivity contribution in [3.63, 3.8) is 0 Å². The number of ether oxygens (including phenoxy) is 1. The highest BCUT2D eigenvalue weighted by molar-refractivity contribution is 7.16. The number of nitrogen functional groups attached to an aromatic ring is 1. The number of aromatic nitrogens is 3. The molecular weight excluding hydrogens is 420 g/mol. The number of carboxylic acids is 2. The average molecular weight is 446 g/mol. The molecule has 0 bridgehead atoms. The Kier molecular flexibility index (Phi) is 12.6. The van der Waals surface area contributed by atoms with Crippen LogP contribution < -0.4 is 10.6 Å². The van der Waals surface area contributed by atoms with E-state index in [0.29, 0.717) is 36.2 Å². The fourth-order valence-electron chi connectivity index (χ4n) is 2.04. The summed E-state index contributed by atoms with van der Waals surface area (Å²) in [6.45, 7) is 4.13. The lowest BCUT2D eigenvalue weighted by Gasteiger charge is -2.10. The summed E-state index contributed by atoms with van der Waals surface area (Å²) in [6, 6.07) is 0. The zero-order valence-corrected chi connectivity index (χ0v) is 17.7. The first-order chi connectivity index (χ1) is 13.9. The van der Waals surface area contributed by atoms with Crippen LogP contribution in [0.4, 0.5) is 5.95 Å². The lowest BCUT2D eigenvalue weighted by atomic mass is 10.1. The van der Waals surface area contributed by atoms with Crippen molar-refractivity contribution in [3.05, 3.63) is 15.9 Å². The molecule has 0 saturated carbocycles. The van der Waals surface area contributed by atoms with Gasteiger partial charge in [-0.15, -0.1) is 0 Å². The van der Waals surface area contributed by atoms with E-state index < -0.39 is 18.0 Å². The molecule has 0 radical (unpaired) electrons. The molecule has 2 aromatic heterocycles. The molecule has 0 aliphatic carbocycles. The van der Waals surface area contributed by atoms with Gasteiger partial charge in [0.15, 0.2) is 5.65 Å². The Morgan fingerprint density at radius 1 is 1.20 bits per heavy atom. The van der Waals surface area contributed by atoms with E-state index in [-0.39, 0.29) is 23.4 Å². The SMILES string of the molecule is CC(=O)O.CC(=O)O.CC(=O)OCCC(O)CCCn1c(=O)sc2cnc(N)nc21. The number of carbonyl (C=O) groups excluding carboxylic acids is 1. The Morgan fingerprint density at radius 2 is 1.77 bits per heavy atom. The first kappa shape index (κ1) is 26.9. The number of thiazole rings is 1. The Labute approximate surface area is 175 Å². The number of nitrogens with zero attached hydrogens (tertiary/aromatic N) is 3. The van der Waals surface area contributed by atoms with Gasteiger partial charge in [-0.1, -0.05) is 11.3 Å². The Bertz CT molecular complexity index is 876. The minimum absolute atomic E-state index is 0.121. The summed E-state index contributed by atoms with van der Waals surface area (Å²) in [5.74, 6) is -1.90. The van der Waals surface area contributed by atoms with Crippen molar-refractivity contribution < 1.29 is 34.4 Å². The van der Waals surface area contributed by atoms with Crippen molar-refractivity contribution in [1.29, 1.82) is 0 Å². The Balaban J connectivity index is 0.000000901. The number of aryl methyl sites for hydroxylation is 1. The predicted molar refractivity (Wildman–Crippen MR) is 109 cm³/mol. The molecule has 0 saturated heterocycles. The van der Waals surface area contributed by atoms with E-state index in [1.807, 2.05) is 0 Å². The molecule has 1 unspecified atom stereocenters. The molecule has 0 fully saturated rings. The lowest BCUT2D eigenvalue weighted by Crippen LogP contribution is -2.17. The minimum atomic E-state index is -0.833. The maximum absolute atomic E-state index is 11.9. The highest BCUT2D eigenvalue weighted by atomic mass is 32.1. The quantitative estimate of drug-likeness (QED) is 0.437. The van der Waals surface area contributed by atoms with Crippen molar-refractivity contribution in [1.82, 2.24) is 14.5 Å². The Morgan fingerprint density at radius 3 is 2.30 bits per heavy atom. The third kappa shape index (κ3) is 12.4. The summed E-state index contributed by atoms with van der Waals surface area (Å²) < 4.78 is 7.00. The molecule has 0 aliphatic rings. The number of aliphatic hydroxyl groups excluding tert-OH is 1. The molecule has 30 heavy (non-hydrogen) atoms. The molecule has 12 nitrogen and oxygen atoms in total. The summed E-state index contributed by atoms with van der Waals surface area (Å²) in [4.78, 5) is 48.4. The fourth-order valence-corrected chi connectivity index (χ4v) is 2.87. The van der Waals surface area contributed by atoms with Crippen LogP contribution in [0.1, 0.15) is 40.0 Å². The molecule has 1 atom stereocenters. The van der Waals surface area contributed by atoms with E-state index in [0.717, 1.165) is 25.2 Å². The minimum Gasteiger partial charge on any atom is -0.481 e. The van der Waals surface area contributed by atoms with Crippen LogP contribution in [0, 0.1) is 0 Å². The topological polar surface area (TPSA) is 195 Å². The molecule has 0 spiro atoms. The van der Waals surface area contributed by atoms with E-state index in [2.05, 4.69) is 9.97 Å². The predicted octanol–water partition coefficient (Wildman–Crippen LogP) is 0.711. The van der Waals surface area contributed by atoms with Gasteiger partial charge in [-0.05, 0) is 12.8 Å². The summed E-state index contributed by atoms with van der Waals surface area (Å²) >= 11 is 1.07. The summed E-state index contributed by atoms with van der Waals surface area (Å²) in [6.07, 6.45) is 2.46. The monoisotopic (exact) mass is 446 g/mol. The van der Waals surface area contributed by atoms with Crippen LogP contribution in [0.15, 0.2) is 11.0 Å². The second-order valence-corrected chi connectivity index (χ2v) is 6.89. The van der Waals surface area contributed by atoms with Gasteiger partial charge in [0.1, 0.15) is 0 Å². The second-order valence-electron chi connectivity index (χ2n) is 5.90. The van der Waals surface area contributed by atoms with Crippen molar-refractivity contribution >= 4 is 45.5 Å². The number of anilines is 1. The first-order valence-corrected chi connectivity index (χ1v) is 9.58. The van der Waals surface area contributed by atoms with Gasteiger partial charge >= 0.3 is 10.8 Å². The van der Waals surface area contributed by atoms with Crippen molar-refractivity contribution in [2.75, 3.05) is 12.3 Å². The van der Waals surface area contributed by atoms with Gasteiger partial charge < -0.3 is 25.8 Å². The van der Waals surface area contributed by atoms with Gasteiger partial charge in [0, 0.05) is 33.7 Å². The number of aliphatic carboxylic acids is 2. The van der Waals surface area contributed by atoms with Gasteiger partial charge in [0.25, 0.3) is 11.9 Å². The van der Waals surface area contributed by atoms with E-state index in [1.54, 1.807) is 0 Å². The van der Waals surface area contributed by atoms with Crippen LogP contribution in [0.2, 0.25) is 0 Å². The highest BCUT2D eigenvalue weighted by Crippen LogP contribution is 2.15. The number of carbonyl (C=O) groups is 3. The molecule has 0 amide bonds. The lowest BCUT2D eigenvalue weighted by molar-refractivity contribution is -0.141. The van der Waals surface area contributed by atoms with Gasteiger partial charge in [0.05, 0.1) is 23.6 Å². The molecule has 2 heterocycles. The molecule has 0 aromatic carbocycles. The van der Waals surface area contributed by atoms with Crippen LogP contribution in [-0.2, 0) is 25.7 Å². The normalized spacial score (nSPS) is 10.8. The molecular formula is C17H26N4O8S.